The number of carbonyl (C=O) groups is 2. The molecule has 0 saturated carbocycles. The van der Waals surface area contributed by atoms with Crippen molar-refractivity contribution in [1.29, 1.82) is 0 Å². The molecule has 3 aromatic rings. The highest BCUT2D eigenvalue weighted by Crippen LogP contribution is 2.32. The van der Waals surface area contributed by atoms with Gasteiger partial charge in [-0.3, -0.25) is 23.9 Å². The summed E-state index contributed by atoms with van der Waals surface area (Å²) >= 11 is 12.4. The van der Waals surface area contributed by atoms with Crippen molar-refractivity contribution >= 4 is 51.9 Å². The number of β-amino-alcohol motifs (C(OH)–C–C–N with tert-alkyl or cyclic N) is 1. The zero-order chi connectivity index (χ0) is 21.7. The predicted octanol–water partition coefficient (Wildman–Crippen LogP) is 2.03. The summed E-state index contributed by atoms with van der Waals surface area (Å²) in [5.41, 5.74) is 4.41. The van der Waals surface area contributed by atoms with Crippen LogP contribution in [0.15, 0.2) is 35.3 Å². The molecule has 1 saturated heterocycles. The molecule has 1 aromatic carbocycles. The second kappa shape index (κ2) is 7.35. The summed E-state index contributed by atoms with van der Waals surface area (Å²) in [5, 5.41) is 9.57. The van der Waals surface area contributed by atoms with Gasteiger partial charge in [-0.25, -0.2) is 9.37 Å². The summed E-state index contributed by atoms with van der Waals surface area (Å²) in [6.45, 7) is 0.0407. The molecular formula is C19H13Cl2FN4O4. The number of aliphatic hydroxyl groups excluding tert-OH is 1. The zero-order valence-electron chi connectivity index (χ0n) is 15.1. The molecular weight excluding hydrogens is 438 g/mol. The number of fused-ring (bicyclic) bond motifs is 1. The Balaban J connectivity index is 2.06. The number of amides is 2. The number of hydrogen-bond donors (Lipinski definition) is 2. The molecule has 0 radical (unpaired) electrons. The van der Waals surface area contributed by atoms with E-state index in [-0.39, 0.29) is 57.0 Å². The third-order valence-electron chi connectivity index (χ3n) is 4.71. The van der Waals surface area contributed by atoms with Crippen LogP contribution >= 0.6 is 23.2 Å². The summed E-state index contributed by atoms with van der Waals surface area (Å²) < 4.78 is 14.9. The van der Waals surface area contributed by atoms with E-state index in [9.17, 15) is 23.9 Å². The van der Waals surface area contributed by atoms with Crippen LogP contribution in [0.1, 0.15) is 16.8 Å². The Morgan fingerprint density at radius 3 is 2.47 bits per heavy atom. The lowest BCUT2D eigenvalue weighted by Gasteiger charge is -2.18. The molecule has 1 aliphatic heterocycles. The summed E-state index contributed by atoms with van der Waals surface area (Å²) in [5.74, 6) is -1.82. The van der Waals surface area contributed by atoms with Crippen LogP contribution in [0.3, 0.4) is 0 Å². The molecule has 154 valence electrons. The van der Waals surface area contributed by atoms with Gasteiger partial charge in [0, 0.05) is 6.20 Å². The molecule has 8 nitrogen and oxygen atoms in total. The lowest BCUT2D eigenvalue weighted by molar-refractivity contribution is -0.117. The Morgan fingerprint density at radius 2 is 1.90 bits per heavy atom. The first-order valence-corrected chi connectivity index (χ1v) is 9.42. The largest absolute Gasteiger partial charge is 0.391 e. The van der Waals surface area contributed by atoms with Gasteiger partial charge in [0.2, 0.25) is 11.3 Å². The average molecular weight is 451 g/mol. The molecule has 30 heavy (non-hydrogen) atoms. The standard InChI is InChI=1S/C19H13Cl2FN4O4/c20-12-3-8(22)4-13(21)16(12)26-7-11(18(23)30)17(29)10-1-2-14(24-19(10)26)25-6-9(27)5-15(25)28/h1-4,7,9,27H,5-6H2,(H2,23,30)/t9-/m0/s1. The average Bonchev–Trinajstić information content (AvgIpc) is 3.00. The normalized spacial score (nSPS) is 16.5. The minimum absolute atomic E-state index is 0.0127. The maximum absolute atomic E-state index is 13.7. The number of benzene rings is 1. The van der Waals surface area contributed by atoms with Crippen molar-refractivity contribution in [2.75, 3.05) is 11.4 Å². The van der Waals surface area contributed by atoms with E-state index < -0.39 is 23.3 Å². The van der Waals surface area contributed by atoms with Crippen molar-refractivity contribution in [3.05, 3.63) is 62.1 Å². The lowest BCUT2D eigenvalue weighted by Crippen LogP contribution is -2.27. The van der Waals surface area contributed by atoms with Gasteiger partial charge in [0.1, 0.15) is 17.2 Å². The number of aromatic nitrogens is 2. The van der Waals surface area contributed by atoms with Crippen LogP contribution in [0.2, 0.25) is 10.0 Å². The second-order valence-corrected chi connectivity index (χ2v) is 7.54. The van der Waals surface area contributed by atoms with Crippen LogP contribution < -0.4 is 16.1 Å². The maximum atomic E-state index is 13.7. The molecule has 3 N–H and O–H groups in total. The molecule has 2 aromatic heterocycles. The first-order valence-electron chi connectivity index (χ1n) is 8.67. The number of pyridine rings is 2. The second-order valence-electron chi connectivity index (χ2n) is 6.73. The predicted molar refractivity (Wildman–Crippen MR) is 109 cm³/mol. The summed E-state index contributed by atoms with van der Waals surface area (Å²) in [6, 6.07) is 4.83. The maximum Gasteiger partial charge on any atom is 0.254 e. The van der Waals surface area contributed by atoms with Gasteiger partial charge in [-0.05, 0) is 24.3 Å². The van der Waals surface area contributed by atoms with E-state index >= 15 is 0 Å². The van der Waals surface area contributed by atoms with Gasteiger partial charge in [-0.1, -0.05) is 23.2 Å². The molecule has 1 fully saturated rings. The van der Waals surface area contributed by atoms with Crippen molar-refractivity contribution in [1.82, 2.24) is 9.55 Å². The number of anilines is 1. The molecule has 2 amide bonds. The Kier molecular flexibility index (Phi) is 4.97. The Hall–Kier alpha value is -3.01. The number of nitrogens with zero attached hydrogens (tertiary/aromatic N) is 3. The fourth-order valence-electron chi connectivity index (χ4n) is 3.36. The van der Waals surface area contributed by atoms with Gasteiger partial charge >= 0.3 is 0 Å². The van der Waals surface area contributed by atoms with E-state index in [1.54, 1.807) is 0 Å². The lowest BCUT2D eigenvalue weighted by atomic mass is 10.1. The third-order valence-corrected chi connectivity index (χ3v) is 5.28. The molecule has 0 bridgehead atoms. The van der Waals surface area contributed by atoms with Gasteiger partial charge < -0.3 is 10.8 Å². The molecule has 11 heteroatoms. The molecule has 1 atom stereocenters. The Morgan fingerprint density at radius 1 is 1.23 bits per heavy atom. The fraction of sp³-hybridized carbons (Fsp3) is 0.158. The zero-order valence-corrected chi connectivity index (χ0v) is 16.6. The van der Waals surface area contributed by atoms with E-state index in [4.69, 9.17) is 28.9 Å². The highest BCUT2D eigenvalue weighted by atomic mass is 35.5. The van der Waals surface area contributed by atoms with E-state index in [2.05, 4.69) is 4.98 Å². The van der Waals surface area contributed by atoms with Gasteiger partial charge in [-0.15, -0.1) is 0 Å². The van der Waals surface area contributed by atoms with Crippen molar-refractivity contribution in [3.8, 4) is 5.69 Å². The van der Waals surface area contributed by atoms with Crippen LogP contribution in [-0.2, 0) is 4.79 Å². The van der Waals surface area contributed by atoms with Gasteiger partial charge in [0.25, 0.3) is 5.91 Å². The third kappa shape index (κ3) is 3.30. The van der Waals surface area contributed by atoms with E-state index in [1.165, 1.54) is 21.6 Å². The van der Waals surface area contributed by atoms with E-state index in [0.717, 1.165) is 18.3 Å². The smallest absolute Gasteiger partial charge is 0.254 e. The van der Waals surface area contributed by atoms with Crippen LogP contribution in [0.25, 0.3) is 16.7 Å². The van der Waals surface area contributed by atoms with E-state index in [1.807, 2.05) is 0 Å². The summed E-state index contributed by atoms with van der Waals surface area (Å²) in [7, 11) is 0. The quantitative estimate of drug-likeness (QED) is 0.632. The molecule has 3 heterocycles. The molecule has 0 aliphatic carbocycles. The van der Waals surface area contributed by atoms with Crippen molar-refractivity contribution in [2.45, 2.75) is 12.5 Å². The number of nitrogens with two attached hydrogens (primary N) is 1. The number of hydrogen-bond acceptors (Lipinski definition) is 5. The number of rotatable bonds is 3. The summed E-state index contributed by atoms with van der Waals surface area (Å²) in [6.07, 6.45) is 0.230. The Bertz CT molecular complexity index is 1270. The van der Waals surface area contributed by atoms with Crippen LogP contribution in [0.4, 0.5) is 10.2 Å². The molecule has 1 aliphatic rings. The van der Waals surface area contributed by atoms with E-state index in [0.29, 0.717) is 0 Å². The van der Waals surface area contributed by atoms with Crippen LogP contribution in [-0.4, -0.2) is 39.1 Å². The van der Waals surface area contributed by atoms with Crippen LogP contribution in [0, 0.1) is 5.82 Å². The first kappa shape index (κ1) is 20.3. The van der Waals surface area contributed by atoms with Gasteiger partial charge in [-0.2, -0.15) is 0 Å². The highest BCUT2D eigenvalue weighted by Gasteiger charge is 2.30. The topological polar surface area (TPSA) is 119 Å². The Labute approximate surface area is 178 Å². The first-order chi connectivity index (χ1) is 14.2. The number of carbonyl (C=O) groups excluding carboxylic acids is 2. The number of primary amides is 1. The van der Waals surface area contributed by atoms with Crippen molar-refractivity contribution in [2.24, 2.45) is 5.73 Å². The van der Waals surface area contributed by atoms with Crippen LogP contribution in [0.5, 0.6) is 0 Å². The molecule has 0 spiro atoms. The monoisotopic (exact) mass is 450 g/mol. The molecule has 0 unspecified atom stereocenters. The fourth-order valence-corrected chi connectivity index (χ4v) is 4.01. The molecule has 4 rings (SSSR count). The number of aliphatic hydroxyl groups is 1. The summed E-state index contributed by atoms with van der Waals surface area (Å²) in [4.78, 5) is 42.3. The van der Waals surface area contributed by atoms with Crippen molar-refractivity contribution in [3.63, 3.8) is 0 Å². The minimum atomic E-state index is -0.980. The minimum Gasteiger partial charge on any atom is -0.391 e. The SMILES string of the molecule is NC(=O)c1cn(-c2c(Cl)cc(F)cc2Cl)c2nc(N3C[C@@H](O)CC3=O)ccc2c1=O. The highest BCUT2D eigenvalue weighted by molar-refractivity contribution is 6.37. The van der Waals surface area contributed by atoms with Crippen molar-refractivity contribution < 1.29 is 19.1 Å². The van der Waals surface area contributed by atoms with Gasteiger partial charge in [0.15, 0.2) is 5.65 Å². The number of halogens is 3. The van der Waals surface area contributed by atoms with Gasteiger partial charge in [0.05, 0.1) is 40.2 Å².